The van der Waals surface area contributed by atoms with Crippen LogP contribution >= 0.6 is 11.3 Å². The summed E-state index contributed by atoms with van der Waals surface area (Å²) in [4.78, 5) is 9.02. The normalized spacial score (nSPS) is 18.9. The number of rotatable bonds is 3. The van der Waals surface area contributed by atoms with Crippen LogP contribution in [0.15, 0.2) is 0 Å². The minimum absolute atomic E-state index is 0.0183. The van der Waals surface area contributed by atoms with E-state index in [9.17, 15) is 13.2 Å². The molecular formula is C13H20F3N3S. The highest BCUT2D eigenvalue weighted by Gasteiger charge is 2.36. The summed E-state index contributed by atoms with van der Waals surface area (Å²) >= 11 is 0.798. The fraction of sp³-hybridized carbons (Fsp3) is 0.769. The molecular weight excluding hydrogens is 287 g/mol. The molecule has 20 heavy (non-hydrogen) atoms. The molecule has 0 radical (unpaired) electrons. The predicted octanol–water partition coefficient (Wildman–Crippen LogP) is 3.03. The number of hydrogen-bond donors (Lipinski definition) is 0. The molecule has 0 amide bonds. The number of alkyl halides is 3. The standard InChI is InChI=1S/C13H20F3N3S/c1-9(2)11-10(20-12(17-11)13(14,15)16)8-19-6-4-18(3)5-7-19/h9H,4-8H2,1-3H3. The zero-order chi connectivity index (χ0) is 14.9. The van der Waals surface area contributed by atoms with Gasteiger partial charge in [0.1, 0.15) is 0 Å². The number of piperazine rings is 1. The number of hydrogen-bond acceptors (Lipinski definition) is 4. The van der Waals surface area contributed by atoms with E-state index in [1.54, 1.807) is 0 Å². The van der Waals surface area contributed by atoms with Crippen molar-refractivity contribution in [2.24, 2.45) is 0 Å². The first kappa shape index (κ1) is 15.7. The first-order valence-corrected chi connectivity index (χ1v) is 7.56. The lowest BCUT2D eigenvalue weighted by Gasteiger charge is -2.32. The van der Waals surface area contributed by atoms with Crippen LogP contribution in [0.1, 0.15) is 35.3 Å². The molecule has 0 saturated carbocycles. The summed E-state index contributed by atoms with van der Waals surface area (Å²) in [6.45, 7) is 8.07. The Kier molecular flexibility index (Phi) is 4.71. The Morgan fingerprint density at radius 1 is 1.20 bits per heavy atom. The van der Waals surface area contributed by atoms with Crippen molar-refractivity contribution in [3.05, 3.63) is 15.6 Å². The van der Waals surface area contributed by atoms with E-state index in [1.807, 2.05) is 13.8 Å². The smallest absolute Gasteiger partial charge is 0.304 e. The topological polar surface area (TPSA) is 19.4 Å². The van der Waals surface area contributed by atoms with E-state index in [4.69, 9.17) is 0 Å². The van der Waals surface area contributed by atoms with Gasteiger partial charge >= 0.3 is 6.18 Å². The van der Waals surface area contributed by atoms with E-state index < -0.39 is 11.2 Å². The number of aromatic nitrogens is 1. The van der Waals surface area contributed by atoms with E-state index in [2.05, 4.69) is 21.8 Å². The first-order chi connectivity index (χ1) is 9.27. The van der Waals surface area contributed by atoms with Crippen molar-refractivity contribution >= 4 is 11.3 Å². The average Bonchev–Trinajstić information content (AvgIpc) is 2.76. The van der Waals surface area contributed by atoms with Crippen LogP contribution in [0.5, 0.6) is 0 Å². The highest BCUT2D eigenvalue weighted by Crippen LogP contribution is 2.36. The molecule has 1 aromatic heterocycles. The highest BCUT2D eigenvalue weighted by molar-refractivity contribution is 7.11. The Balaban J connectivity index is 2.15. The Labute approximate surface area is 121 Å². The van der Waals surface area contributed by atoms with Gasteiger partial charge in [0.25, 0.3) is 0 Å². The van der Waals surface area contributed by atoms with Crippen molar-refractivity contribution in [2.75, 3.05) is 33.2 Å². The lowest BCUT2D eigenvalue weighted by Crippen LogP contribution is -2.43. The summed E-state index contributed by atoms with van der Waals surface area (Å²) in [5, 5.41) is -0.717. The molecule has 0 unspecified atom stereocenters. The largest absolute Gasteiger partial charge is 0.443 e. The second-order valence-corrected chi connectivity index (χ2v) is 6.64. The van der Waals surface area contributed by atoms with Gasteiger partial charge in [-0.25, -0.2) is 4.98 Å². The fourth-order valence-corrected chi connectivity index (χ4v) is 3.38. The molecule has 3 nitrogen and oxygen atoms in total. The number of halogens is 3. The lowest BCUT2D eigenvalue weighted by atomic mass is 10.1. The quantitative estimate of drug-likeness (QED) is 0.855. The Bertz CT molecular complexity index is 448. The van der Waals surface area contributed by atoms with Crippen LogP contribution in [0.2, 0.25) is 0 Å². The van der Waals surface area contributed by atoms with Gasteiger partial charge in [-0.2, -0.15) is 13.2 Å². The molecule has 2 rings (SSSR count). The zero-order valence-corrected chi connectivity index (χ0v) is 12.8. The summed E-state index contributed by atoms with van der Waals surface area (Å²) < 4.78 is 38.4. The van der Waals surface area contributed by atoms with Crippen LogP contribution in [0.4, 0.5) is 13.2 Å². The highest BCUT2D eigenvalue weighted by atomic mass is 32.1. The zero-order valence-electron chi connectivity index (χ0n) is 12.0. The Morgan fingerprint density at radius 2 is 1.80 bits per heavy atom. The van der Waals surface area contributed by atoms with Crippen LogP contribution in [0, 0.1) is 0 Å². The second-order valence-electron chi connectivity index (χ2n) is 5.56. The maximum atomic E-state index is 12.8. The average molecular weight is 307 g/mol. The lowest BCUT2D eigenvalue weighted by molar-refractivity contribution is -0.137. The van der Waals surface area contributed by atoms with Gasteiger partial charge in [0.2, 0.25) is 0 Å². The van der Waals surface area contributed by atoms with Gasteiger partial charge in [-0.05, 0) is 13.0 Å². The molecule has 1 aromatic rings. The van der Waals surface area contributed by atoms with Crippen molar-refractivity contribution < 1.29 is 13.2 Å². The third-order valence-electron chi connectivity index (χ3n) is 3.48. The van der Waals surface area contributed by atoms with Crippen molar-refractivity contribution in [3.8, 4) is 0 Å². The van der Waals surface area contributed by atoms with Gasteiger partial charge < -0.3 is 4.90 Å². The molecule has 2 heterocycles. The van der Waals surface area contributed by atoms with Crippen LogP contribution in [-0.4, -0.2) is 48.0 Å². The minimum Gasteiger partial charge on any atom is -0.304 e. The predicted molar refractivity (Wildman–Crippen MR) is 74.0 cm³/mol. The number of likely N-dealkylation sites (N-methyl/N-ethyl adjacent to an activating group) is 1. The Morgan fingerprint density at radius 3 is 2.30 bits per heavy atom. The molecule has 1 fully saturated rings. The molecule has 1 aliphatic rings. The molecule has 7 heteroatoms. The number of nitrogens with zero attached hydrogens (tertiary/aromatic N) is 3. The van der Waals surface area contributed by atoms with Crippen molar-refractivity contribution in [1.29, 1.82) is 0 Å². The maximum absolute atomic E-state index is 12.8. The van der Waals surface area contributed by atoms with E-state index in [0.717, 1.165) is 42.4 Å². The third-order valence-corrected chi connectivity index (χ3v) is 4.58. The molecule has 114 valence electrons. The SMILES string of the molecule is CC(C)c1nc(C(F)(F)F)sc1CN1CCN(C)CC1. The first-order valence-electron chi connectivity index (χ1n) is 6.75. The van der Waals surface area contributed by atoms with E-state index >= 15 is 0 Å². The van der Waals surface area contributed by atoms with E-state index in [-0.39, 0.29) is 5.92 Å². The van der Waals surface area contributed by atoms with Gasteiger partial charge in [-0.15, -0.1) is 11.3 Å². The summed E-state index contributed by atoms with van der Waals surface area (Å²) in [5.74, 6) is 0.0183. The van der Waals surface area contributed by atoms with Gasteiger partial charge in [-0.1, -0.05) is 13.8 Å². The van der Waals surface area contributed by atoms with E-state index in [0.29, 0.717) is 12.2 Å². The maximum Gasteiger partial charge on any atom is 0.443 e. The monoisotopic (exact) mass is 307 g/mol. The molecule has 0 atom stereocenters. The van der Waals surface area contributed by atoms with Gasteiger partial charge in [0.05, 0.1) is 5.69 Å². The van der Waals surface area contributed by atoms with Crippen LogP contribution in [-0.2, 0) is 12.7 Å². The van der Waals surface area contributed by atoms with Gasteiger partial charge in [0, 0.05) is 37.6 Å². The van der Waals surface area contributed by atoms with Crippen LogP contribution < -0.4 is 0 Å². The summed E-state index contributed by atoms with van der Waals surface area (Å²) in [6, 6.07) is 0. The number of thiazole rings is 1. The molecule has 0 N–H and O–H groups in total. The van der Waals surface area contributed by atoms with E-state index in [1.165, 1.54) is 0 Å². The third kappa shape index (κ3) is 3.71. The summed E-state index contributed by atoms with van der Waals surface area (Å²) in [5.41, 5.74) is 0.598. The minimum atomic E-state index is -4.34. The van der Waals surface area contributed by atoms with Crippen LogP contribution in [0.25, 0.3) is 0 Å². The van der Waals surface area contributed by atoms with Crippen molar-refractivity contribution in [3.63, 3.8) is 0 Å². The molecule has 0 aromatic carbocycles. The second kappa shape index (κ2) is 5.99. The fourth-order valence-electron chi connectivity index (χ4n) is 2.26. The summed E-state index contributed by atoms with van der Waals surface area (Å²) in [6.07, 6.45) is -4.34. The van der Waals surface area contributed by atoms with Crippen LogP contribution in [0.3, 0.4) is 0 Å². The molecule has 0 bridgehead atoms. The summed E-state index contributed by atoms with van der Waals surface area (Å²) in [7, 11) is 2.06. The Hall–Kier alpha value is -0.660. The molecule has 0 spiro atoms. The molecule has 0 aliphatic carbocycles. The van der Waals surface area contributed by atoms with Gasteiger partial charge in [-0.3, -0.25) is 4.90 Å². The van der Waals surface area contributed by atoms with Crippen molar-refractivity contribution in [1.82, 2.24) is 14.8 Å². The molecule has 1 aliphatic heterocycles. The van der Waals surface area contributed by atoms with Gasteiger partial charge in [0.15, 0.2) is 5.01 Å². The van der Waals surface area contributed by atoms with Crippen molar-refractivity contribution in [2.45, 2.75) is 32.5 Å². The molecule has 1 saturated heterocycles.